The maximum Gasteiger partial charge on any atom is 0.223 e. The first-order chi connectivity index (χ1) is 7.01. The van der Waals surface area contributed by atoms with Crippen molar-refractivity contribution < 1.29 is 4.79 Å². The van der Waals surface area contributed by atoms with Crippen LogP contribution in [0.3, 0.4) is 0 Å². The summed E-state index contributed by atoms with van der Waals surface area (Å²) < 4.78 is 0. The van der Waals surface area contributed by atoms with E-state index in [0.29, 0.717) is 5.91 Å². The van der Waals surface area contributed by atoms with Gasteiger partial charge >= 0.3 is 0 Å². The Morgan fingerprint density at radius 3 is 2.33 bits per heavy atom. The van der Waals surface area contributed by atoms with Gasteiger partial charge in [-0.25, -0.2) is 0 Å². The lowest BCUT2D eigenvalue weighted by Gasteiger charge is -2.33. The molecule has 0 atom stereocenters. The largest absolute Gasteiger partial charge is 0.336 e. The Hall–Kier alpha value is -0.570. The highest BCUT2D eigenvalue weighted by molar-refractivity contribution is 5.79. The van der Waals surface area contributed by atoms with Crippen LogP contribution in [0.5, 0.6) is 0 Å². The molecule has 1 aliphatic rings. The molecule has 0 aromatic rings. The molecule has 1 fully saturated rings. The van der Waals surface area contributed by atoms with Crippen molar-refractivity contribution in [1.82, 2.24) is 9.80 Å². The van der Waals surface area contributed by atoms with E-state index in [-0.39, 0.29) is 5.54 Å². The zero-order chi connectivity index (χ0) is 11.5. The summed E-state index contributed by atoms with van der Waals surface area (Å²) in [6.45, 7) is 12.7. The van der Waals surface area contributed by atoms with Crippen molar-refractivity contribution in [2.45, 2.75) is 46.1 Å². The van der Waals surface area contributed by atoms with Gasteiger partial charge in [0.05, 0.1) is 0 Å². The van der Waals surface area contributed by atoms with Gasteiger partial charge in [-0.05, 0) is 33.4 Å². The maximum absolute atomic E-state index is 11.7. The number of likely N-dealkylation sites (N-methyl/N-ethyl adjacent to an activating group) is 1. The quantitative estimate of drug-likeness (QED) is 0.693. The highest BCUT2D eigenvalue weighted by atomic mass is 16.2. The van der Waals surface area contributed by atoms with E-state index in [0.717, 1.165) is 39.0 Å². The minimum Gasteiger partial charge on any atom is -0.336 e. The van der Waals surface area contributed by atoms with Crippen molar-refractivity contribution in [1.29, 1.82) is 0 Å². The first-order valence-electron chi connectivity index (χ1n) is 6.04. The van der Waals surface area contributed by atoms with Gasteiger partial charge in [0, 0.05) is 25.0 Å². The van der Waals surface area contributed by atoms with Crippen LogP contribution in [0.25, 0.3) is 0 Å². The molecule has 0 N–H and O–H groups in total. The maximum atomic E-state index is 11.7. The van der Waals surface area contributed by atoms with E-state index >= 15 is 0 Å². The molecule has 1 rings (SSSR count). The van der Waals surface area contributed by atoms with Gasteiger partial charge in [-0.2, -0.15) is 0 Å². The Balaban J connectivity index is 2.46. The van der Waals surface area contributed by atoms with E-state index < -0.39 is 0 Å². The molecule has 88 valence electrons. The topological polar surface area (TPSA) is 23.6 Å². The first kappa shape index (κ1) is 12.5. The number of nitrogens with zero attached hydrogens (tertiary/aromatic N) is 2. The Labute approximate surface area is 93.4 Å². The van der Waals surface area contributed by atoms with Crippen LogP contribution in [0.1, 0.15) is 40.5 Å². The van der Waals surface area contributed by atoms with Crippen LogP contribution in [0.4, 0.5) is 0 Å². The van der Waals surface area contributed by atoms with E-state index in [1.54, 1.807) is 0 Å². The fraction of sp³-hybridized carbons (Fsp3) is 0.917. The minimum absolute atomic E-state index is 0.0736. The van der Waals surface area contributed by atoms with Crippen LogP contribution in [0.2, 0.25) is 0 Å². The van der Waals surface area contributed by atoms with Gasteiger partial charge in [0.2, 0.25) is 5.91 Å². The fourth-order valence-electron chi connectivity index (χ4n) is 2.23. The minimum atomic E-state index is 0.0736. The van der Waals surface area contributed by atoms with Gasteiger partial charge < -0.3 is 9.80 Å². The van der Waals surface area contributed by atoms with Crippen LogP contribution >= 0.6 is 0 Å². The molecular formula is C12H24N2O. The normalized spacial score (nSPS) is 20.3. The summed E-state index contributed by atoms with van der Waals surface area (Å²) in [4.78, 5) is 16.1. The monoisotopic (exact) mass is 212 g/mol. The number of amides is 1. The molecule has 1 amide bonds. The molecule has 3 heteroatoms. The summed E-state index contributed by atoms with van der Waals surface area (Å²) in [6, 6.07) is 0. The first-order valence-corrected chi connectivity index (χ1v) is 6.04. The Morgan fingerprint density at radius 1 is 1.33 bits per heavy atom. The highest BCUT2D eigenvalue weighted by Gasteiger charge is 2.36. The molecule has 0 radical (unpaired) electrons. The molecular weight excluding hydrogens is 188 g/mol. The third-order valence-corrected chi connectivity index (χ3v) is 3.52. The zero-order valence-electron chi connectivity index (χ0n) is 10.5. The van der Waals surface area contributed by atoms with Gasteiger partial charge in [0.25, 0.3) is 0 Å². The molecule has 0 bridgehead atoms. The number of hydrogen-bond acceptors (Lipinski definition) is 2. The third kappa shape index (κ3) is 2.94. The van der Waals surface area contributed by atoms with E-state index in [1.165, 1.54) is 0 Å². The molecule has 15 heavy (non-hydrogen) atoms. The van der Waals surface area contributed by atoms with Crippen LogP contribution in [0, 0.1) is 0 Å². The van der Waals surface area contributed by atoms with E-state index in [2.05, 4.69) is 32.6 Å². The molecule has 1 heterocycles. The van der Waals surface area contributed by atoms with Crippen molar-refractivity contribution in [3.05, 3.63) is 0 Å². The van der Waals surface area contributed by atoms with E-state index in [4.69, 9.17) is 0 Å². The number of hydrogen-bond donors (Lipinski definition) is 0. The van der Waals surface area contributed by atoms with Crippen molar-refractivity contribution in [2.75, 3.05) is 26.2 Å². The van der Waals surface area contributed by atoms with Crippen molar-refractivity contribution in [3.63, 3.8) is 0 Å². The molecule has 1 saturated heterocycles. The number of rotatable bonds is 5. The molecule has 0 saturated carbocycles. The zero-order valence-corrected chi connectivity index (χ0v) is 10.5. The van der Waals surface area contributed by atoms with Crippen molar-refractivity contribution in [3.8, 4) is 0 Å². The smallest absolute Gasteiger partial charge is 0.223 e. The lowest BCUT2D eigenvalue weighted by atomic mass is 10.0. The molecule has 0 aliphatic carbocycles. The van der Waals surface area contributed by atoms with Crippen molar-refractivity contribution in [2.24, 2.45) is 0 Å². The number of likely N-dealkylation sites (tertiary alicyclic amines) is 1. The number of carbonyl (C=O) groups excluding carboxylic acids is 1. The average molecular weight is 212 g/mol. The highest BCUT2D eigenvalue weighted by Crippen LogP contribution is 2.28. The lowest BCUT2D eigenvalue weighted by Crippen LogP contribution is -2.45. The van der Waals surface area contributed by atoms with Gasteiger partial charge in [-0.15, -0.1) is 0 Å². The third-order valence-electron chi connectivity index (χ3n) is 3.52. The van der Waals surface area contributed by atoms with Gasteiger partial charge in [0.1, 0.15) is 0 Å². The van der Waals surface area contributed by atoms with Crippen LogP contribution in [-0.4, -0.2) is 47.4 Å². The average Bonchev–Trinajstić information content (AvgIpc) is 2.45. The van der Waals surface area contributed by atoms with E-state index in [1.807, 2.05) is 4.90 Å². The van der Waals surface area contributed by atoms with Gasteiger partial charge in [-0.1, -0.05) is 13.8 Å². The predicted octanol–water partition coefficient (Wildman–Crippen LogP) is 1.73. The molecule has 0 spiro atoms. The van der Waals surface area contributed by atoms with E-state index in [9.17, 15) is 4.79 Å². The Kier molecular flexibility index (Phi) is 4.14. The predicted molar refractivity (Wildman–Crippen MR) is 62.8 cm³/mol. The standard InChI is InChI=1S/C12H24N2O/c1-5-13(6-2)9-10-14-11(15)7-8-12(14,3)4/h5-10H2,1-4H3. The second-order valence-corrected chi connectivity index (χ2v) is 4.88. The summed E-state index contributed by atoms with van der Waals surface area (Å²) in [5.74, 6) is 0.326. The molecule has 0 aromatic carbocycles. The summed E-state index contributed by atoms with van der Waals surface area (Å²) in [5.41, 5.74) is 0.0736. The molecule has 0 unspecified atom stereocenters. The summed E-state index contributed by atoms with van der Waals surface area (Å²) in [5, 5.41) is 0. The number of carbonyl (C=O) groups is 1. The SMILES string of the molecule is CCN(CC)CCN1C(=O)CCC1(C)C. The molecule has 0 aromatic heterocycles. The fourth-order valence-corrected chi connectivity index (χ4v) is 2.23. The van der Waals surface area contributed by atoms with Crippen LogP contribution in [-0.2, 0) is 4.79 Å². The second-order valence-electron chi connectivity index (χ2n) is 4.88. The van der Waals surface area contributed by atoms with Crippen LogP contribution in [0.15, 0.2) is 0 Å². The summed E-state index contributed by atoms with van der Waals surface area (Å²) >= 11 is 0. The Morgan fingerprint density at radius 2 is 1.93 bits per heavy atom. The summed E-state index contributed by atoms with van der Waals surface area (Å²) in [6.07, 6.45) is 1.73. The Bertz CT molecular complexity index is 222. The lowest BCUT2D eigenvalue weighted by molar-refractivity contribution is -0.130. The van der Waals surface area contributed by atoms with Crippen LogP contribution < -0.4 is 0 Å². The van der Waals surface area contributed by atoms with Gasteiger partial charge in [-0.3, -0.25) is 4.79 Å². The molecule has 3 nitrogen and oxygen atoms in total. The van der Waals surface area contributed by atoms with Crippen molar-refractivity contribution >= 4 is 5.91 Å². The molecule has 1 aliphatic heterocycles. The summed E-state index contributed by atoms with van der Waals surface area (Å²) in [7, 11) is 0. The second kappa shape index (κ2) is 4.97. The van der Waals surface area contributed by atoms with Gasteiger partial charge in [0.15, 0.2) is 0 Å².